The minimum atomic E-state index is -0.431. The third-order valence-electron chi connectivity index (χ3n) is 3.25. The Morgan fingerprint density at radius 1 is 1.60 bits per heavy atom. The summed E-state index contributed by atoms with van der Waals surface area (Å²) >= 11 is 5.96. The van der Waals surface area contributed by atoms with Crippen molar-refractivity contribution in [3.63, 3.8) is 0 Å². The summed E-state index contributed by atoms with van der Waals surface area (Å²) < 4.78 is 19.0. The second-order valence-electron chi connectivity index (χ2n) is 4.82. The van der Waals surface area contributed by atoms with E-state index < -0.39 is 5.82 Å². The lowest BCUT2D eigenvalue weighted by molar-refractivity contribution is 0.0239. The molecule has 1 aromatic carbocycles. The maximum absolute atomic E-state index is 13.5. The lowest BCUT2D eigenvalue weighted by atomic mass is 10.1. The predicted octanol–water partition coefficient (Wildman–Crippen LogP) is 1.90. The van der Waals surface area contributed by atoms with Gasteiger partial charge in [-0.2, -0.15) is 0 Å². The Morgan fingerprint density at radius 2 is 2.40 bits per heavy atom. The zero-order valence-electron chi connectivity index (χ0n) is 11.3. The number of morpholine rings is 1. The first-order chi connectivity index (χ1) is 9.58. The number of carbonyl (C=O) groups is 1. The molecule has 110 valence electrons. The average molecular weight is 301 g/mol. The first-order valence-electron chi connectivity index (χ1n) is 6.64. The molecule has 2 rings (SSSR count). The largest absolute Gasteiger partial charge is 0.376 e. The summed E-state index contributed by atoms with van der Waals surface area (Å²) in [7, 11) is 0. The molecule has 6 heteroatoms. The van der Waals surface area contributed by atoms with Crippen LogP contribution in [0.4, 0.5) is 4.39 Å². The van der Waals surface area contributed by atoms with Gasteiger partial charge in [-0.05, 0) is 31.0 Å². The van der Waals surface area contributed by atoms with Gasteiger partial charge in [0.25, 0.3) is 5.91 Å². The van der Waals surface area contributed by atoms with Crippen LogP contribution in [0.3, 0.4) is 0 Å². The molecule has 1 saturated heterocycles. The summed E-state index contributed by atoms with van der Waals surface area (Å²) in [5.74, 6) is -0.794. The Bertz CT molecular complexity index is 490. The van der Waals surface area contributed by atoms with E-state index in [1.54, 1.807) is 6.92 Å². The van der Waals surface area contributed by atoms with Crippen molar-refractivity contribution in [2.75, 3.05) is 26.2 Å². The second-order valence-corrected chi connectivity index (χ2v) is 5.23. The maximum atomic E-state index is 13.5. The van der Waals surface area contributed by atoms with E-state index in [9.17, 15) is 9.18 Å². The summed E-state index contributed by atoms with van der Waals surface area (Å²) in [6, 6.07) is 2.63. The third-order valence-corrected chi connectivity index (χ3v) is 3.56. The van der Waals surface area contributed by atoms with Crippen molar-refractivity contribution >= 4 is 17.5 Å². The van der Waals surface area contributed by atoms with Crippen LogP contribution in [0.2, 0.25) is 5.02 Å². The molecule has 1 heterocycles. The molecule has 1 unspecified atom stereocenters. The topological polar surface area (TPSA) is 50.4 Å². The van der Waals surface area contributed by atoms with Gasteiger partial charge in [0.2, 0.25) is 0 Å². The van der Waals surface area contributed by atoms with E-state index in [4.69, 9.17) is 16.3 Å². The smallest absolute Gasteiger partial charge is 0.252 e. The van der Waals surface area contributed by atoms with Gasteiger partial charge in [-0.15, -0.1) is 0 Å². The van der Waals surface area contributed by atoms with Crippen molar-refractivity contribution in [3.8, 4) is 0 Å². The quantitative estimate of drug-likeness (QED) is 0.893. The molecule has 20 heavy (non-hydrogen) atoms. The van der Waals surface area contributed by atoms with Crippen molar-refractivity contribution < 1.29 is 13.9 Å². The number of rotatable bonds is 4. The lowest BCUT2D eigenvalue weighted by Gasteiger charge is -2.23. The highest BCUT2D eigenvalue weighted by molar-refractivity contribution is 6.33. The molecule has 0 spiro atoms. The lowest BCUT2D eigenvalue weighted by Crippen LogP contribution is -2.40. The maximum Gasteiger partial charge on any atom is 0.252 e. The van der Waals surface area contributed by atoms with Gasteiger partial charge in [0.05, 0.1) is 23.3 Å². The first kappa shape index (κ1) is 15.2. The monoisotopic (exact) mass is 300 g/mol. The van der Waals surface area contributed by atoms with E-state index in [2.05, 4.69) is 10.6 Å². The Kier molecular flexibility index (Phi) is 5.34. The molecule has 0 saturated carbocycles. The molecular formula is C14H18ClFN2O2. The molecule has 0 radical (unpaired) electrons. The number of nitrogens with one attached hydrogen (secondary N) is 2. The van der Waals surface area contributed by atoms with Crippen LogP contribution in [-0.4, -0.2) is 38.3 Å². The van der Waals surface area contributed by atoms with Gasteiger partial charge in [0.15, 0.2) is 0 Å². The van der Waals surface area contributed by atoms with Crippen LogP contribution >= 0.6 is 11.6 Å². The molecule has 0 aromatic heterocycles. The highest BCUT2D eigenvalue weighted by Crippen LogP contribution is 2.20. The van der Waals surface area contributed by atoms with Gasteiger partial charge in [-0.3, -0.25) is 4.79 Å². The van der Waals surface area contributed by atoms with Gasteiger partial charge in [-0.25, -0.2) is 4.39 Å². The average Bonchev–Trinajstić information content (AvgIpc) is 2.44. The fourth-order valence-corrected chi connectivity index (χ4v) is 2.37. The summed E-state index contributed by atoms with van der Waals surface area (Å²) in [6.07, 6.45) is 0.819. The predicted molar refractivity (Wildman–Crippen MR) is 75.7 cm³/mol. The Hall–Kier alpha value is -1.17. The summed E-state index contributed by atoms with van der Waals surface area (Å²) in [4.78, 5) is 12.0. The van der Waals surface area contributed by atoms with Crippen molar-refractivity contribution in [2.24, 2.45) is 0 Å². The number of ether oxygens (including phenoxy) is 1. The molecule has 1 aliphatic rings. The number of amides is 1. The van der Waals surface area contributed by atoms with Crippen molar-refractivity contribution in [2.45, 2.75) is 19.4 Å². The van der Waals surface area contributed by atoms with Crippen LogP contribution in [-0.2, 0) is 4.74 Å². The van der Waals surface area contributed by atoms with Crippen LogP contribution in [0.5, 0.6) is 0 Å². The fourth-order valence-electron chi connectivity index (χ4n) is 2.07. The fraction of sp³-hybridized carbons (Fsp3) is 0.500. The second kappa shape index (κ2) is 7.02. The van der Waals surface area contributed by atoms with Crippen LogP contribution in [0.1, 0.15) is 22.3 Å². The molecule has 1 atom stereocenters. The van der Waals surface area contributed by atoms with Crippen LogP contribution < -0.4 is 10.6 Å². The minimum absolute atomic E-state index is 0.106. The normalized spacial score (nSPS) is 18.9. The molecule has 1 aromatic rings. The van der Waals surface area contributed by atoms with Gasteiger partial charge >= 0.3 is 0 Å². The minimum Gasteiger partial charge on any atom is -0.376 e. The number of hydrogen-bond donors (Lipinski definition) is 2. The van der Waals surface area contributed by atoms with Crippen molar-refractivity contribution in [3.05, 3.63) is 34.1 Å². The molecule has 1 fully saturated rings. The van der Waals surface area contributed by atoms with Crippen LogP contribution in [0, 0.1) is 12.7 Å². The van der Waals surface area contributed by atoms with Crippen molar-refractivity contribution in [1.29, 1.82) is 0 Å². The highest BCUT2D eigenvalue weighted by atomic mass is 35.5. The highest BCUT2D eigenvalue weighted by Gasteiger charge is 2.16. The molecular weight excluding hydrogens is 283 g/mol. The summed E-state index contributed by atoms with van der Waals surface area (Å²) in [5.41, 5.74) is 0.589. The van der Waals surface area contributed by atoms with Crippen LogP contribution in [0.15, 0.2) is 12.1 Å². The van der Waals surface area contributed by atoms with E-state index in [0.29, 0.717) is 25.1 Å². The van der Waals surface area contributed by atoms with Gasteiger partial charge < -0.3 is 15.4 Å². The number of carbonyl (C=O) groups excluding carboxylic acids is 1. The molecule has 1 amide bonds. The Balaban J connectivity index is 1.87. The molecule has 0 bridgehead atoms. The SMILES string of the molecule is Cc1cc(Cl)c(C(=O)NCCC2CNCCO2)cc1F. The van der Waals surface area contributed by atoms with Gasteiger partial charge in [0.1, 0.15) is 5.82 Å². The first-order valence-corrected chi connectivity index (χ1v) is 7.02. The number of aryl methyl sites for hydroxylation is 1. The Morgan fingerprint density at radius 3 is 3.10 bits per heavy atom. The van der Waals surface area contributed by atoms with E-state index in [0.717, 1.165) is 13.1 Å². The molecule has 0 aliphatic carbocycles. The van der Waals surface area contributed by atoms with Crippen molar-refractivity contribution in [1.82, 2.24) is 10.6 Å². The number of benzene rings is 1. The summed E-state index contributed by atoms with van der Waals surface area (Å²) in [5, 5.41) is 6.22. The van der Waals surface area contributed by atoms with E-state index in [1.807, 2.05) is 0 Å². The van der Waals surface area contributed by atoms with E-state index >= 15 is 0 Å². The van der Waals surface area contributed by atoms with E-state index in [-0.39, 0.29) is 22.6 Å². The standard InChI is InChI=1S/C14H18ClFN2O2/c1-9-6-12(15)11(7-13(9)16)14(19)18-3-2-10-8-17-4-5-20-10/h6-7,10,17H,2-5,8H2,1H3,(H,18,19). The van der Waals surface area contributed by atoms with E-state index in [1.165, 1.54) is 12.1 Å². The molecule has 4 nitrogen and oxygen atoms in total. The molecule has 1 aliphatic heterocycles. The zero-order chi connectivity index (χ0) is 14.5. The molecule has 2 N–H and O–H groups in total. The number of halogens is 2. The zero-order valence-corrected chi connectivity index (χ0v) is 12.1. The van der Waals surface area contributed by atoms with Crippen LogP contribution in [0.25, 0.3) is 0 Å². The third kappa shape index (κ3) is 3.91. The number of hydrogen-bond acceptors (Lipinski definition) is 3. The van der Waals surface area contributed by atoms with Gasteiger partial charge in [-0.1, -0.05) is 11.6 Å². The Labute approximate surface area is 122 Å². The van der Waals surface area contributed by atoms with Gasteiger partial charge in [0, 0.05) is 19.6 Å². The summed E-state index contributed by atoms with van der Waals surface area (Å²) in [6.45, 7) is 4.41.